The Balaban J connectivity index is 1.37. The Kier molecular flexibility index (Phi) is 4.48. The van der Waals surface area contributed by atoms with E-state index in [0.717, 1.165) is 42.5 Å². The number of rotatable bonds is 3. The van der Waals surface area contributed by atoms with Crippen molar-refractivity contribution in [3.05, 3.63) is 40.9 Å². The zero-order valence-electron chi connectivity index (χ0n) is 15.8. The highest BCUT2D eigenvalue weighted by atomic mass is 32.1. The molecule has 3 heterocycles. The van der Waals surface area contributed by atoms with Crippen molar-refractivity contribution >= 4 is 54.3 Å². The van der Waals surface area contributed by atoms with Crippen LogP contribution >= 0.6 is 22.7 Å². The third kappa shape index (κ3) is 3.36. The summed E-state index contributed by atoms with van der Waals surface area (Å²) in [6, 6.07) is 9.09. The van der Waals surface area contributed by atoms with Crippen LogP contribution in [0.2, 0.25) is 0 Å². The summed E-state index contributed by atoms with van der Waals surface area (Å²) in [5, 5.41) is 7.49. The number of anilines is 1. The van der Waals surface area contributed by atoms with Crippen molar-refractivity contribution in [3.8, 4) is 11.5 Å². The molecular weight excluding hydrogens is 408 g/mol. The molecule has 0 aliphatic carbocycles. The summed E-state index contributed by atoms with van der Waals surface area (Å²) in [6.45, 7) is 2.54. The first-order valence-electron chi connectivity index (χ1n) is 9.15. The second-order valence-corrected chi connectivity index (χ2v) is 8.91. The van der Waals surface area contributed by atoms with Gasteiger partial charge in [-0.3, -0.25) is 5.32 Å². The number of nitrogens with one attached hydrogen (secondary N) is 2. The molecule has 7 nitrogen and oxygen atoms in total. The van der Waals surface area contributed by atoms with Gasteiger partial charge in [0, 0.05) is 12.0 Å². The van der Waals surface area contributed by atoms with Gasteiger partial charge < -0.3 is 14.8 Å². The summed E-state index contributed by atoms with van der Waals surface area (Å²) in [7, 11) is 1.62. The predicted molar refractivity (Wildman–Crippen MR) is 116 cm³/mol. The third-order valence-corrected chi connectivity index (χ3v) is 6.94. The molecule has 0 radical (unpaired) electrons. The van der Waals surface area contributed by atoms with Crippen molar-refractivity contribution in [3.63, 3.8) is 0 Å². The number of aromatic nitrogens is 2. The number of methoxy groups -OCH3 is 1. The number of thiazole rings is 2. The van der Waals surface area contributed by atoms with E-state index in [1.165, 1.54) is 11.3 Å². The molecule has 5 rings (SSSR count). The van der Waals surface area contributed by atoms with Gasteiger partial charge in [-0.15, -0.1) is 11.3 Å². The van der Waals surface area contributed by atoms with Gasteiger partial charge in [0.2, 0.25) is 0 Å². The van der Waals surface area contributed by atoms with Gasteiger partial charge in [-0.2, -0.15) is 0 Å². The van der Waals surface area contributed by atoms with Crippen LogP contribution in [0.5, 0.6) is 11.5 Å². The van der Waals surface area contributed by atoms with E-state index in [2.05, 4.69) is 20.6 Å². The van der Waals surface area contributed by atoms with Crippen LogP contribution < -0.4 is 20.1 Å². The second-order valence-electron chi connectivity index (χ2n) is 6.71. The minimum absolute atomic E-state index is 0.154. The van der Waals surface area contributed by atoms with Crippen LogP contribution in [0.1, 0.15) is 23.0 Å². The molecule has 2 aromatic heterocycles. The predicted octanol–water partition coefficient (Wildman–Crippen LogP) is 4.87. The average molecular weight is 427 g/mol. The summed E-state index contributed by atoms with van der Waals surface area (Å²) in [5.74, 6) is 1.50. The molecule has 4 aromatic rings. The largest absolute Gasteiger partial charge is 0.497 e. The van der Waals surface area contributed by atoms with Crippen molar-refractivity contribution in [1.82, 2.24) is 15.3 Å². The highest BCUT2D eigenvalue weighted by Gasteiger charge is 2.24. The number of carbonyl (C=O) groups is 1. The maximum Gasteiger partial charge on any atom is 0.321 e. The molecule has 2 N–H and O–H groups in total. The number of ether oxygens (including phenoxy) is 2. The number of amides is 2. The number of carbonyl (C=O) groups excluding carboxylic acids is 1. The van der Waals surface area contributed by atoms with Crippen molar-refractivity contribution in [2.75, 3.05) is 19.0 Å². The highest BCUT2D eigenvalue weighted by Crippen LogP contribution is 2.37. The van der Waals surface area contributed by atoms with Crippen molar-refractivity contribution in [2.24, 2.45) is 0 Å². The van der Waals surface area contributed by atoms with E-state index >= 15 is 0 Å². The van der Waals surface area contributed by atoms with E-state index in [-0.39, 0.29) is 12.1 Å². The van der Waals surface area contributed by atoms with Gasteiger partial charge in [-0.1, -0.05) is 11.3 Å². The van der Waals surface area contributed by atoms with Gasteiger partial charge in [0.15, 0.2) is 5.13 Å². The Labute approximate surface area is 174 Å². The van der Waals surface area contributed by atoms with E-state index in [9.17, 15) is 4.79 Å². The van der Waals surface area contributed by atoms with Crippen LogP contribution in [0.4, 0.5) is 9.93 Å². The molecule has 0 unspecified atom stereocenters. The minimum atomic E-state index is -0.290. The normalized spacial score (nSPS) is 15.7. The molecule has 1 aliphatic rings. The monoisotopic (exact) mass is 426 g/mol. The lowest BCUT2D eigenvalue weighted by atomic mass is 10.0. The van der Waals surface area contributed by atoms with Crippen LogP contribution in [-0.2, 0) is 0 Å². The molecule has 9 heteroatoms. The number of aryl methyl sites for hydroxylation is 1. The first kappa shape index (κ1) is 18.1. The molecule has 2 amide bonds. The number of urea groups is 1. The van der Waals surface area contributed by atoms with Crippen LogP contribution in [-0.4, -0.2) is 29.7 Å². The van der Waals surface area contributed by atoms with Crippen LogP contribution in [0.25, 0.3) is 20.4 Å². The molecule has 2 aromatic carbocycles. The molecule has 1 atom stereocenters. The summed E-state index contributed by atoms with van der Waals surface area (Å²) in [5.41, 5.74) is 2.74. The standard InChI is InChI=1S/C20H18N4O3S2/c1-10-21-14-4-5-15-18(17(14)28-10)29-20(23-15)24-19(25)22-13-7-8-27-16-6-3-11(26-2)9-12(13)16/h3-6,9,13H,7-8H2,1-2H3,(H2,22,23,24,25)/t13-/m1/s1. The topological polar surface area (TPSA) is 85.4 Å². The third-order valence-electron chi connectivity index (χ3n) is 4.80. The molecule has 0 spiro atoms. The van der Waals surface area contributed by atoms with Gasteiger partial charge in [0.1, 0.15) is 11.5 Å². The maximum atomic E-state index is 12.7. The molecule has 0 saturated heterocycles. The SMILES string of the molecule is COc1ccc2c(c1)[C@H](NC(=O)Nc1nc3ccc4nc(C)sc4c3s1)CCO2. The maximum absolute atomic E-state index is 12.7. The van der Waals surface area contributed by atoms with Gasteiger partial charge in [0.05, 0.1) is 45.2 Å². The molecule has 148 valence electrons. The van der Waals surface area contributed by atoms with Gasteiger partial charge in [-0.25, -0.2) is 14.8 Å². The Bertz CT molecular complexity index is 1230. The van der Waals surface area contributed by atoms with Crippen LogP contribution in [0.3, 0.4) is 0 Å². The van der Waals surface area contributed by atoms with Crippen molar-refractivity contribution in [1.29, 1.82) is 0 Å². The number of fused-ring (bicyclic) bond motifs is 4. The van der Waals surface area contributed by atoms with Crippen LogP contribution in [0, 0.1) is 6.92 Å². The number of hydrogen-bond donors (Lipinski definition) is 2. The summed E-state index contributed by atoms with van der Waals surface area (Å²) in [6.07, 6.45) is 0.689. The van der Waals surface area contributed by atoms with Gasteiger partial charge in [0.25, 0.3) is 0 Å². The Morgan fingerprint density at radius 3 is 2.79 bits per heavy atom. The smallest absolute Gasteiger partial charge is 0.321 e. The molecular formula is C20H18N4O3S2. The van der Waals surface area contributed by atoms with E-state index in [1.54, 1.807) is 18.4 Å². The van der Waals surface area contributed by atoms with Crippen molar-refractivity contribution in [2.45, 2.75) is 19.4 Å². The molecule has 0 bridgehead atoms. The lowest BCUT2D eigenvalue weighted by molar-refractivity contribution is 0.232. The lowest BCUT2D eigenvalue weighted by Crippen LogP contribution is -2.35. The van der Waals surface area contributed by atoms with E-state index in [4.69, 9.17) is 9.47 Å². The Morgan fingerprint density at radius 1 is 1.17 bits per heavy atom. The molecule has 0 fully saturated rings. The fraction of sp³-hybridized carbons (Fsp3) is 0.250. The van der Waals surface area contributed by atoms with Gasteiger partial charge in [-0.05, 0) is 37.3 Å². The Hall–Kier alpha value is -2.91. The lowest BCUT2D eigenvalue weighted by Gasteiger charge is -2.27. The molecule has 0 saturated carbocycles. The zero-order valence-corrected chi connectivity index (χ0v) is 17.4. The summed E-state index contributed by atoms with van der Waals surface area (Å²) >= 11 is 3.11. The second kappa shape index (κ2) is 7.16. The Morgan fingerprint density at radius 2 is 1.97 bits per heavy atom. The van der Waals surface area contributed by atoms with Crippen molar-refractivity contribution < 1.29 is 14.3 Å². The first-order valence-corrected chi connectivity index (χ1v) is 10.8. The average Bonchev–Trinajstić information content (AvgIpc) is 3.29. The van der Waals surface area contributed by atoms with E-state index < -0.39 is 0 Å². The number of nitrogens with zero attached hydrogens (tertiary/aromatic N) is 2. The minimum Gasteiger partial charge on any atom is -0.497 e. The van der Waals surface area contributed by atoms with E-state index in [1.807, 2.05) is 37.3 Å². The van der Waals surface area contributed by atoms with Gasteiger partial charge >= 0.3 is 6.03 Å². The quantitative estimate of drug-likeness (QED) is 0.488. The molecule has 1 aliphatic heterocycles. The highest BCUT2D eigenvalue weighted by molar-refractivity contribution is 7.28. The number of benzene rings is 2. The fourth-order valence-corrected chi connectivity index (χ4v) is 5.48. The summed E-state index contributed by atoms with van der Waals surface area (Å²) < 4.78 is 13.2. The van der Waals surface area contributed by atoms with Crippen LogP contribution in [0.15, 0.2) is 30.3 Å². The molecule has 29 heavy (non-hydrogen) atoms. The fourth-order valence-electron chi connectivity index (χ4n) is 3.48. The van der Waals surface area contributed by atoms with E-state index in [0.29, 0.717) is 18.2 Å². The first-order chi connectivity index (χ1) is 14.1. The zero-order chi connectivity index (χ0) is 20.0. The number of hydrogen-bond acceptors (Lipinski definition) is 7. The summed E-state index contributed by atoms with van der Waals surface area (Å²) in [4.78, 5) is 21.7.